The van der Waals surface area contributed by atoms with E-state index in [0.717, 1.165) is 15.2 Å². The Hall–Kier alpha value is -3.98. The first-order valence-corrected chi connectivity index (χ1v) is 11.4. The Morgan fingerprint density at radius 3 is 2.27 bits per heavy atom. The normalized spacial score (nSPS) is 11.4. The summed E-state index contributed by atoms with van der Waals surface area (Å²) >= 11 is 0. The van der Waals surface area contributed by atoms with Gasteiger partial charge in [-0.15, -0.1) is 0 Å². The van der Waals surface area contributed by atoms with Crippen LogP contribution in [0.25, 0.3) is 10.9 Å². The molecule has 0 atom stereocenters. The molecule has 0 aliphatic carbocycles. The van der Waals surface area contributed by atoms with Crippen molar-refractivity contribution in [3.05, 3.63) is 78.0 Å². The van der Waals surface area contributed by atoms with Crippen LogP contribution in [-0.2, 0) is 10.0 Å². The van der Waals surface area contributed by atoms with Crippen LogP contribution in [0.5, 0.6) is 11.5 Å². The molecule has 9 heteroatoms. The lowest BCUT2D eigenvalue weighted by Gasteiger charge is -2.13. The van der Waals surface area contributed by atoms with Crippen LogP contribution in [0.3, 0.4) is 0 Å². The summed E-state index contributed by atoms with van der Waals surface area (Å²) in [4.78, 5) is 12.3. The van der Waals surface area contributed by atoms with Gasteiger partial charge >= 0.3 is 0 Å². The third-order valence-corrected chi connectivity index (χ3v) is 6.96. The molecular weight excluding hydrogens is 442 g/mol. The molecule has 33 heavy (non-hydrogen) atoms. The van der Waals surface area contributed by atoms with Crippen molar-refractivity contribution in [2.45, 2.75) is 11.8 Å². The standard InChI is InChI=1S/C24H23N3O5S/c1-15-11-21(26-16-5-4-6-18(13-16)32-3)20-14-23(24(25)28)27(22(20)12-15)33(29,30)19-9-7-17(31-2)8-10-19/h4-14,26H,1-3H3,(H2,25,28). The van der Waals surface area contributed by atoms with E-state index in [1.54, 1.807) is 25.3 Å². The monoisotopic (exact) mass is 465 g/mol. The number of carbonyl (C=O) groups is 1. The van der Waals surface area contributed by atoms with Crippen LogP contribution in [0.15, 0.2) is 71.6 Å². The number of nitrogens with two attached hydrogens (primary N) is 1. The highest BCUT2D eigenvalue weighted by Gasteiger charge is 2.27. The first-order valence-electron chi connectivity index (χ1n) is 10.0. The lowest BCUT2D eigenvalue weighted by Crippen LogP contribution is -2.22. The van der Waals surface area contributed by atoms with Gasteiger partial charge in [0.05, 0.1) is 24.6 Å². The fourth-order valence-corrected chi connectivity index (χ4v) is 5.17. The van der Waals surface area contributed by atoms with Gasteiger partial charge in [0.15, 0.2) is 0 Å². The van der Waals surface area contributed by atoms with Gasteiger partial charge in [-0.3, -0.25) is 4.79 Å². The molecule has 0 saturated heterocycles. The van der Waals surface area contributed by atoms with Crippen LogP contribution in [0.1, 0.15) is 16.1 Å². The molecule has 8 nitrogen and oxygen atoms in total. The highest BCUT2D eigenvalue weighted by molar-refractivity contribution is 7.90. The Morgan fingerprint density at radius 2 is 1.64 bits per heavy atom. The lowest BCUT2D eigenvalue weighted by atomic mass is 10.1. The molecular formula is C24H23N3O5S. The number of aryl methyl sites for hydroxylation is 1. The molecule has 1 heterocycles. The molecule has 0 aliphatic heterocycles. The maximum atomic E-state index is 13.6. The minimum Gasteiger partial charge on any atom is -0.497 e. The number of amides is 1. The molecule has 4 aromatic rings. The molecule has 1 aromatic heterocycles. The third kappa shape index (κ3) is 4.10. The van der Waals surface area contributed by atoms with Crippen LogP contribution < -0.4 is 20.5 Å². The summed E-state index contributed by atoms with van der Waals surface area (Å²) in [5.41, 5.74) is 7.97. The number of hydrogen-bond acceptors (Lipinski definition) is 6. The lowest BCUT2D eigenvalue weighted by molar-refractivity contribution is 0.0995. The molecule has 3 N–H and O–H groups in total. The molecule has 4 rings (SSSR count). The topological polar surface area (TPSA) is 113 Å². The van der Waals surface area contributed by atoms with Gasteiger partial charge in [0, 0.05) is 22.8 Å². The first-order chi connectivity index (χ1) is 15.7. The van der Waals surface area contributed by atoms with Gasteiger partial charge in [-0.2, -0.15) is 0 Å². The van der Waals surface area contributed by atoms with E-state index in [0.29, 0.717) is 28.1 Å². The van der Waals surface area contributed by atoms with Gasteiger partial charge in [-0.05, 0) is 67.1 Å². The number of hydrogen-bond donors (Lipinski definition) is 2. The summed E-state index contributed by atoms with van der Waals surface area (Å²) in [5, 5.41) is 3.83. The summed E-state index contributed by atoms with van der Waals surface area (Å²) < 4.78 is 38.5. The van der Waals surface area contributed by atoms with E-state index in [1.165, 1.54) is 25.3 Å². The predicted molar refractivity (Wildman–Crippen MR) is 127 cm³/mol. The summed E-state index contributed by atoms with van der Waals surface area (Å²) in [7, 11) is -1.06. The molecule has 0 unspecified atom stereocenters. The van der Waals surface area contributed by atoms with Crippen LogP contribution in [-0.4, -0.2) is 32.5 Å². The Bertz CT molecular complexity index is 1460. The summed E-state index contributed by atoms with van der Waals surface area (Å²) in [6.45, 7) is 1.84. The zero-order valence-corrected chi connectivity index (χ0v) is 19.1. The fourth-order valence-electron chi connectivity index (χ4n) is 3.67. The second-order valence-electron chi connectivity index (χ2n) is 7.44. The zero-order valence-electron chi connectivity index (χ0n) is 18.3. The van der Waals surface area contributed by atoms with Gasteiger partial charge < -0.3 is 20.5 Å². The molecule has 0 aliphatic rings. The molecule has 0 bridgehead atoms. The van der Waals surface area contributed by atoms with E-state index in [4.69, 9.17) is 15.2 Å². The minimum atomic E-state index is -4.13. The average molecular weight is 466 g/mol. The number of benzene rings is 3. The van der Waals surface area contributed by atoms with Crippen molar-refractivity contribution in [1.82, 2.24) is 3.97 Å². The van der Waals surface area contributed by atoms with E-state index < -0.39 is 15.9 Å². The zero-order chi connectivity index (χ0) is 23.8. The third-order valence-electron chi connectivity index (χ3n) is 5.22. The molecule has 0 fully saturated rings. The number of methoxy groups -OCH3 is 2. The fraction of sp³-hybridized carbons (Fsp3) is 0.125. The molecule has 0 spiro atoms. The number of nitrogens with one attached hydrogen (secondary N) is 1. The number of primary amides is 1. The SMILES string of the molecule is COc1ccc(S(=O)(=O)n2c(C(N)=O)cc3c(Nc4cccc(OC)c4)cc(C)cc32)cc1. The van der Waals surface area contributed by atoms with Crippen LogP contribution >= 0.6 is 0 Å². The van der Waals surface area contributed by atoms with Gasteiger partial charge in [0.1, 0.15) is 17.2 Å². The minimum absolute atomic E-state index is 0.00658. The largest absolute Gasteiger partial charge is 0.497 e. The highest BCUT2D eigenvalue weighted by Crippen LogP contribution is 2.34. The van der Waals surface area contributed by atoms with Gasteiger partial charge in [-0.1, -0.05) is 6.07 Å². The van der Waals surface area contributed by atoms with E-state index in [-0.39, 0.29) is 10.6 Å². The number of anilines is 2. The second-order valence-corrected chi connectivity index (χ2v) is 9.23. The number of nitrogens with zero attached hydrogens (tertiary/aromatic N) is 1. The van der Waals surface area contributed by atoms with Crippen molar-refractivity contribution < 1.29 is 22.7 Å². The Labute approximate surface area is 191 Å². The van der Waals surface area contributed by atoms with Crippen molar-refractivity contribution in [2.24, 2.45) is 5.73 Å². The number of ether oxygens (including phenoxy) is 2. The van der Waals surface area contributed by atoms with Crippen molar-refractivity contribution in [1.29, 1.82) is 0 Å². The molecule has 0 saturated carbocycles. The molecule has 170 valence electrons. The maximum absolute atomic E-state index is 13.6. The van der Waals surface area contributed by atoms with E-state index in [9.17, 15) is 13.2 Å². The number of rotatable bonds is 7. The number of carbonyl (C=O) groups excluding carboxylic acids is 1. The number of fused-ring (bicyclic) bond motifs is 1. The summed E-state index contributed by atoms with van der Waals surface area (Å²) in [6, 6.07) is 18.3. The van der Waals surface area contributed by atoms with Crippen molar-refractivity contribution in [2.75, 3.05) is 19.5 Å². The average Bonchev–Trinajstić information content (AvgIpc) is 3.20. The summed E-state index contributed by atoms with van der Waals surface area (Å²) in [6.07, 6.45) is 0. The Balaban J connectivity index is 1.93. The van der Waals surface area contributed by atoms with E-state index >= 15 is 0 Å². The Morgan fingerprint density at radius 1 is 0.939 bits per heavy atom. The molecule has 3 aromatic carbocycles. The van der Waals surface area contributed by atoms with E-state index in [2.05, 4.69) is 5.32 Å². The van der Waals surface area contributed by atoms with Crippen molar-refractivity contribution in [3.8, 4) is 11.5 Å². The van der Waals surface area contributed by atoms with Crippen LogP contribution in [0.2, 0.25) is 0 Å². The molecule has 0 radical (unpaired) electrons. The maximum Gasteiger partial charge on any atom is 0.268 e. The predicted octanol–water partition coefficient (Wildman–Crippen LogP) is 4.05. The van der Waals surface area contributed by atoms with Crippen LogP contribution in [0.4, 0.5) is 11.4 Å². The summed E-state index contributed by atoms with van der Waals surface area (Å²) in [5.74, 6) is 0.330. The van der Waals surface area contributed by atoms with Gasteiger partial charge in [0.25, 0.3) is 15.9 Å². The van der Waals surface area contributed by atoms with Gasteiger partial charge in [0.2, 0.25) is 0 Å². The van der Waals surface area contributed by atoms with Crippen molar-refractivity contribution >= 4 is 38.2 Å². The van der Waals surface area contributed by atoms with Crippen LogP contribution in [0, 0.1) is 6.92 Å². The number of aromatic nitrogens is 1. The van der Waals surface area contributed by atoms with E-state index in [1.807, 2.05) is 37.3 Å². The highest BCUT2D eigenvalue weighted by atomic mass is 32.2. The van der Waals surface area contributed by atoms with Gasteiger partial charge in [-0.25, -0.2) is 12.4 Å². The quantitative estimate of drug-likeness (QED) is 0.426. The van der Waals surface area contributed by atoms with Crippen molar-refractivity contribution in [3.63, 3.8) is 0 Å². The Kier molecular flexibility index (Phi) is 5.73. The smallest absolute Gasteiger partial charge is 0.268 e. The first kappa shape index (κ1) is 22.2. The second kappa shape index (κ2) is 8.51. The molecule has 1 amide bonds.